The molecule has 0 aliphatic rings. The third-order valence-corrected chi connectivity index (χ3v) is 4.10. The molecule has 3 rings (SSSR count). The van der Waals surface area contributed by atoms with Crippen LogP contribution < -0.4 is 4.74 Å². The predicted molar refractivity (Wildman–Crippen MR) is 88.1 cm³/mol. The summed E-state index contributed by atoms with van der Waals surface area (Å²) < 4.78 is 20.0. The number of pyridine rings is 1. The van der Waals surface area contributed by atoms with E-state index in [4.69, 9.17) is 4.74 Å². The average molecular weight is 327 g/mol. The summed E-state index contributed by atoms with van der Waals surface area (Å²) in [6.07, 6.45) is 2.67. The standard InChI is InChI=1S/C17H18FN5O/c1-4-10(2)14-8-5-11(9-19-14)15-13(18)7-6-12(16(15)24-3)17-20-22-23-21-17/h5-10H,4H2,1-3H3,(H,20,21,22,23). The predicted octanol–water partition coefficient (Wildman–Crippen LogP) is 3.59. The highest BCUT2D eigenvalue weighted by molar-refractivity contribution is 5.80. The van der Waals surface area contributed by atoms with Gasteiger partial charge < -0.3 is 4.74 Å². The number of aromatic nitrogens is 5. The van der Waals surface area contributed by atoms with E-state index in [1.54, 1.807) is 12.3 Å². The lowest BCUT2D eigenvalue weighted by molar-refractivity contribution is 0.415. The van der Waals surface area contributed by atoms with E-state index < -0.39 is 0 Å². The van der Waals surface area contributed by atoms with Gasteiger partial charge in [0.1, 0.15) is 11.6 Å². The van der Waals surface area contributed by atoms with Crippen LogP contribution in [0.2, 0.25) is 0 Å². The third-order valence-electron chi connectivity index (χ3n) is 4.10. The van der Waals surface area contributed by atoms with Crippen molar-refractivity contribution in [2.24, 2.45) is 0 Å². The monoisotopic (exact) mass is 327 g/mol. The Labute approximate surface area is 139 Å². The van der Waals surface area contributed by atoms with E-state index in [1.807, 2.05) is 12.1 Å². The maximum atomic E-state index is 14.5. The fourth-order valence-corrected chi connectivity index (χ4v) is 2.55. The van der Waals surface area contributed by atoms with Crippen molar-refractivity contribution in [3.63, 3.8) is 0 Å². The lowest BCUT2D eigenvalue weighted by atomic mass is 9.99. The Hall–Kier alpha value is -2.83. The van der Waals surface area contributed by atoms with Crippen molar-refractivity contribution in [3.8, 4) is 28.3 Å². The van der Waals surface area contributed by atoms with Crippen LogP contribution in [0.15, 0.2) is 30.5 Å². The molecule has 0 fully saturated rings. The molecular weight excluding hydrogens is 309 g/mol. The summed E-state index contributed by atoms with van der Waals surface area (Å²) in [5, 5.41) is 13.7. The van der Waals surface area contributed by atoms with E-state index in [0.29, 0.717) is 34.2 Å². The molecule has 1 aromatic carbocycles. The molecule has 0 aliphatic heterocycles. The Morgan fingerprint density at radius 1 is 1.25 bits per heavy atom. The summed E-state index contributed by atoms with van der Waals surface area (Å²) in [6.45, 7) is 4.22. The Bertz CT molecular complexity index is 818. The van der Waals surface area contributed by atoms with Crippen LogP contribution in [0.1, 0.15) is 31.9 Å². The second-order valence-electron chi connectivity index (χ2n) is 5.53. The van der Waals surface area contributed by atoms with Crippen molar-refractivity contribution in [2.75, 3.05) is 7.11 Å². The quantitative estimate of drug-likeness (QED) is 0.775. The van der Waals surface area contributed by atoms with Gasteiger partial charge in [0.25, 0.3) is 0 Å². The minimum atomic E-state index is -0.388. The maximum absolute atomic E-state index is 14.5. The molecule has 0 amide bonds. The molecule has 7 heteroatoms. The van der Waals surface area contributed by atoms with E-state index in [2.05, 4.69) is 39.5 Å². The topological polar surface area (TPSA) is 76.6 Å². The van der Waals surface area contributed by atoms with E-state index >= 15 is 0 Å². The van der Waals surface area contributed by atoms with Gasteiger partial charge in [0.05, 0.1) is 18.2 Å². The fraction of sp³-hybridized carbons (Fsp3) is 0.294. The second kappa shape index (κ2) is 6.74. The normalized spacial score (nSPS) is 12.2. The fourth-order valence-electron chi connectivity index (χ4n) is 2.55. The lowest BCUT2D eigenvalue weighted by Crippen LogP contribution is -1.99. The zero-order valence-corrected chi connectivity index (χ0v) is 13.7. The minimum absolute atomic E-state index is 0.342. The molecule has 24 heavy (non-hydrogen) atoms. The van der Waals surface area contributed by atoms with Crippen LogP contribution in [-0.4, -0.2) is 32.7 Å². The molecule has 1 atom stereocenters. The molecule has 1 unspecified atom stereocenters. The molecule has 6 nitrogen and oxygen atoms in total. The molecule has 2 heterocycles. The summed E-state index contributed by atoms with van der Waals surface area (Å²) in [7, 11) is 1.49. The first-order valence-corrected chi connectivity index (χ1v) is 7.72. The molecule has 3 aromatic rings. The van der Waals surface area contributed by atoms with Crippen molar-refractivity contribution in [2.45, 2.75) is 26.2 Å². The Balaban J connectivity index is 2.12. The van der Waals surface area contributed by atoms with Crippen LogP contribution in [0.25, 0.3) is 22.5 Å². The number of benzene rings is 1. The van der Waals surface area contributed by atoms with Crippen LogP contribution in [0, 0.1) is 5.82 Å². The summed E-state index contributed by atoms with van der Waals surface area (Å²) >= 11 is 0. The summed E-state index contributed by atoms with van der Waals surface area (Å²) in [5.41, 5.74) is 2.56. The number of rotatable bonds is 5. The highest BCUT2D eigenvalue weighted by atomic mass is 19.1. The first-order chi connectivity index (χ1) is 11.7. The van der Waals surface area contributed by atoms with Crippen LogP contribution in [0.3, 0.4) is 0 Å². The molecule has 0 spiro atoms. The molecule has 0 radical (unpaired) electrons. The average Bonchev–Trinajstić information content (AvgIpc) is 3.15. The van der Waals surface area contributed by atoms with Gasteiger partial charge in [0, 0.05) is 17.5 Å². The first kappa shape index (κ1) is 16.0. The number of methoxy groups -OCH3 is 1. The van der Waals surface area contributed by atoms with Crippen LogP contribution >= 0.6 is 0 Å². The number of nitrogens with one attached hydrogen (secondary N) is 1. The van der Waals surface area contributed by atoms with Gasteiger partial charge in [-0.3, -0.25) is 4.98 Å². The van der Waals surface area contributed by atoms with E-state index in [0.717, 1.165) is 12.1 Å². The van der Waals surface area contributed by atoms with Crippen LogP contribution in [-0.2, 0) is 0 Å². The summed E-state index contributed by atoms with van der Waals surface area (Å²) in [4.78, 5) is 4.46. The van der Waals surface area contributed by atoms with E-state index in [9.17, 15) is 4.39 Å². The van der Waals surface area contributed by atoms with Gasteiger partial charge in [0.15, 0.2) is 5.82 Å². The van der Waals surface area contributed by atoms with Crippen molar-refractivity contribution in [3.05, 3.63) is 42.0 Å². The number of H-pyrrole nitrogens is 1. The highest BCUT2D eigenvalue weighted by Gasteiger charge is 2.19. The van der Waals surface area contributed by atoms with E-state index in [-0.39, 0.29) is 5.82 Å². The number of nitrogens with zero attached hydrogens (tertiary/aromatic N) is 4. The van der Waals surface area contributed by atoms with Gasteiger partial charge in [-0.15, -0.1) is 5.10 Å². The SMILES string of the molecule is CCC(C)c1ccc(-c2c(F)ccc(-c3nnn[nH]3)c2OC)cn1. The second-order valence-corrected chi connectivity index (χ2v) is 5.53. The summed E-state index contributed by atoms with van der Waals surface area (Å²) in [5.74, 6) is 0.752. The number of ether oxygens (including phenoxy) is 1. The molecule has 0 saturated carbocycles. The molecule has 0 saturated heterocycles. The Kier molecular flexibility index (Phi) is 4.50. The van der Waals surface area contributed by atoms with Gasteiger partial charge >= 0.3 is 0 Å². The van der Waals surface area contributed by atoms with Gasteiger partial charge in [-0.1, -0.05) is 19.9 Å². The van der Waals surface area contributed by atoms with Crippen molar-refractivity contribution >= 4 is 0 Å². The van der Waals surface area contributed by atoms with Gasteiger partial charge in [-0.05, 0) is 41.0 Å². The number of hydrogen-bond donors (Lipinski definition) is 1. The lowest BCUT2D eigenvalue weighted by Gasteiger charge is -2.14. The number of halogens is 1. The van der Waals surface area contributed by atoms with Crippen LogP contribution in [0.4, 0.5) is 4.39 Å². The molecule has 0 bridgehead atoms. The Morgan fingerprint density at radius 2 is 2.08 bits per heavy atom. The molecule has 1 N–H and O–H groups in total. The minimum Gasteiger partial charge on any atom is -0.495 e. The number of hydrogen-bond acceptors (Lipinski definition) is 5. The summed E-state index contributed by atoms with van der Waals surface area (Å²) in [6, 6.07) is 6.74. The van der Waals surface area contributed by atoms with Crippen molar-refractivity contribution in [1.29, 1.82) is 0 Å². The zero-order chi connectivity index (χ0) is 17.1. The Morgan fingerprint density at radius 3 is 2.67 bits per heavy atom. The smallest absolute Gasteiger partial charge is 0.183 e. The van der Waals surface area contributed by atoms with Crippen molar-refractivity contribution in [1.82, 2.24) is 25.6 Å². The molecule has 0 aliphatic carbocycles. The molecule has 2 aromatic heterocycles. The first-order valence-electron chi connectivity index (χ1n) is 7.72. The van der Waals surface area contributed by atoms with Gasteiger partial charge in [-0.25, -0.2) is 9.49 Å². The van der Waals surface area contributed by atoms with E-state index in [1.165, 1.54) is 13.2 Å². The third kappa shape index (κ3) is 2.84. The van der Waals surface area contributed by atoms with Gasteiger partial charge in [0.2, 0.25) is 0 Å². The van der Waals surface area contributed by atoms with Gasteiger partial charge in [-0.2, -0.15) is 0 Å². The largest absolute Gasteiger partial charge is 0.495 e. The molecule has 124 valence electrons. The molecular formula is C17H18FN5O. The van der Waals surface area contributed by atoms with Crippen LogP contribution in [0.5, 0.6) is 5.75 Å². The number of aromatic amines is 1. The number of tetrazole rings is 1. The maximum Gasteiger partial charge on any atom is 0.183 e. The zero-order valence-electron chi connectivity index (χ0n) is 13.7. The highest BCUT2D eigenvalue weighted by Crippen LogP contribution is 2.39. The van der Waals surface area contributed by atoms with Crippen molar-refractivity contribution < 1.29 is 9.13 Å².